The monoisotopic (exact) mass is 265 g/mol. The number of hydrogen-bond donors (Lipinski definition) is 2. The molecule has 0 aromatic heterocycles. The van der Waals surface area contributed by atoms with Crippen molar-refractivity contribution in [2.24, 2.45) is 0 Å². The molecule has 0 aliphatic heterocycles. The maximum atomic E-state index is 8.59. The standard InChI is InChI=1S/C15H23NO3/c1-16-15-4-2-3-12-11-13(5-6-14(12)15)19-10-9-18-8-7-17/h5-6,11,15-17H,2-4,7-10H2,1H3. The van der Waals surface area contributed by atoms with Gasteiger partial charge in [-0.15, -0.1) is 0 Å². The Hall–Kier alpha value is -1.10. The Kier molecular flexibility index (Phi) is 5.63. The zero-order valence-electron chi connectivity index (χ0n) is 11.5. The first kappa shape index (κ1) is 14.3. The van der Waals surface area contributed by atoms with Crippen molar-refractivity contribution >= 4 is 0 Å². The number of aryl methyl sites for hydroxylation is 1. The van der Waals surface area contributed by atoms with Gasteiger partial charge in [-0.25, -0.2) is 0 Å². The highest BCUT2D eigenvalue weighted by Crippen LogP contribution is 2.31. The van der Waals surface area contributed by atoms with Crippen LogP contribution >= 0.6 is 0 Å². The van der Waals surface area contributed by atoms with E-state index >= 15 is 0 Å². The molecule has 0 amide bonds. The number of nitrogens with one attached hydrogen (secondary N) is 1. The van der Waals surface area contributed by atoms with Gasteiger partial charge in [-0.3, -0.25) is 0 Å². The van der Waals surface area contributed by atoms with Crippen LogP contribution in [0.15, 0.2) is 18.2 Å². The van der Waals surface area contributed by atoms with Crippen molar-refractivity contribution in [1.29, 1.82) is 0 Å². The third-order valence-electron chi connectivity index (χ3n) is 3.51. The van der Waals surface area contributed by atoms with Gasteiger partial charge in [0.2, 0.25) is 0 Å². The summed E-state index contributed by atoms with van der Waals surface area (Å²) in [5, 5.41) is 12.0. The van der Waals surface area contributed by atoms with Gasteiger partial charge in [0, 0.05) is 6.04 Å². The third kappa shape index (κ3) is 3.93. The Morgan fingerprint density at radius 1 is 1.32 bits per heavy atom. The number of benzene rings is 1. The summed E-state index contributed by atoms with van der Waals surface area (Å²) in [6, 6.07) is 6.82. The molecule has 1 aromatic carbocycles. The van der Waals surface area contributed by atoms with E-state index in [0.717, 1.165) is 12.2 Å². The van der Waals surface area contributed by atoms with Crippen molar-refractivity contribution in [2.75, 3.05) is 33.5 Å². The predicted octanol–water partition coefficient (Wildman–Crippen LogP) is 1.67. The summed E-state index contributed by atoms with van der Waals surface area (Å²) in [7, 11) is 2.02. The number of ether oxygens (including phenoxy) is 2. The SMILES string of the molecule is CNC1CCCc2cc(OCCOCCO)ccc21. The molecule has 0 saturated heterocycles. The van der Waals surface area contributed by atoms with E-state index in [1.165, 1.54) is 24.0 Å². The van der Waals surface area contributed by atoms with Crippen molar-refractivity contribution in [2.45, 2.75) is 25.3 Å². The molecule has 0 bridgehead atoms. The number of aliphatic hydroxyl groups excluding tert-OH is 1. The van der Waals surface area contributed by atoms with E-state index in [0.29, 0.717) is 25.9 Å². The molecule has 0 saturated carbocycles. The smallest absolute Gasteiger partial charge is 0.119 e. The topological polar surface area (TPSA) is 50.7 Å². The summed E-state index contributed by atoms with van der Waals surface area (Å²) in [5.74, 6) is 0.906. The van der Waals surface area contributed by atoms with Crippen LogP contribution in [0.1, 0.15) is 30.0 Å². The molecular weight excluding hydrogens is 242 g/mol. The molecule has 2 N–H and O–H groups in total. The second-order valence-electron chi connectivity index (χ2n) is 4.78. The van der Waals surface area contributed by atoms with Crippen LogP contribution in [0.2, 0.25) is 0 Å². The minimum Gasteiger partial charge on any atom is -0.491 e. The zero-order valence-corrected chi connectivity index (χ0v) is 11.5. The van der Waals surface area contributed by atoms with E-state index in [9.17, 15) is 0 Å². The van der Waals surface area contributed by atoms with Gasteiger partial charge in [0.15, 0.2) is 0 Å². The lowest BCUT2D eigenvalue weighted by atomic mass is 9.87. The molecule has 2 rings (SSSR count). The molecule has 0 radical (unpaired) electrons. The molecule has 0 heterocycles. The van der Waals surface area contributed by atoms with E-state index in [2.05, 4.69) is 17.4 Å². The summed E-state index contributed by atoms with van der Waals surface area (Å²) >= 11 is 0. The van der Waals surface area contributed by atoms with Crippen LogP contribution in [0.3, 0.4) is 0 Å². The van der Waals surface area contributed by atoms with Gasteiger partial charge < -0.3 is 19.9 Å². The van der Waals surface area contributed by atoms with Crippen LogP contribution < -0.4 is 10.1 Å². The molecule has 4 heteroatoms. The average molecular weight is 265 g/mol. The molecular formula is C15H23NO3. The minimum atomic E-state index is 0.0598. The number of hydrogen-bond acceptors (Lipinski definition) is 4. The van der Waals surface area contributed by atoms with E-state index in [1.807, 2.05) is 13.1 Å². The number of aliphatic hydroxyl groups is 1. The van der Waals surface area contributed by atoms with E-state index < -0.39 is 0 Å². The zero-order chi connectivity index (χ0) is 13.5. The van der Waals surface area contributed by atoms with E-state index in [-0.39, 0.29) is 6.61 Å². The molecule has 0 fully saturated rings. The second-order valence-corrected chi connectivity index (χ2v) is 4.78. The largest absolute Gasteiger partial charge is 0.491 e. The summed E-state index contributed by atoms with van der Waals surface area (Å²) in [6.07, 6.45) is 3.56. The minimum absolute atomic E-state index is 0.0598. The second kappa shape index (κ2) is 7.48. The molecule has 1 aromatic rings. The lowest BCUT2D eigenvalue weighted by molar-refractivity contribution is 0.0705. The lowest BCUT2D eigenvalue weighted by Crippen LogP contribution is -2.21. The maximum absolute atomic E-state index is 8.59. The van der Waals surface area contributed by atoms with Gasteiger partial charge in [0.25, 0.3) is 0 Å². The van der Waals surface area contributed by atoms with Gasteiger partial charge in [-0.05, 0) is 49.6 Å². The molecule has 19 heavy (non-hydrogen) atoms. The molecule has 0 spiro atoms. The lowest BCUT2D eigenvalue weighted by Gasteiger charge is -2.25. The van der Waals surface area contributed by atoms with Crippen LogP contribution in [-0.4, -0.2) is 38.6 Å². The van der Waals surface area contributed by atoms with Gasteiger partial charge in [0.05, 0.1) is 19.8 Å². The van der Waals surface area contributed by atoms with Crippen LogP contribution in [-0.2, 0) is 11.2 Å². The highest BCUT2D eigenvalue weighted by atomic mass is 16.5. The van der Waals surface area contributed by atoms with Crippen LogP contribution in [0.5, 0.6) is 5.75 Å². The van der Waals surface area contributed by atoms with E-state index in [1.54, 1.807) is 0 Å². The molecule has 4 nitrogen and oxygen atoms in total. The molecule has 1 aliphatic carbocycles. The van der Waals surface area contributed by atoms with Crippen molar-refractivity contribution in [1.82, 2.24) is 5.32 Å². The molecule has 106 valence electrons. The predicted molar refractivity (Wildman–Crippen MR) is 74.6 cm³/mol. The summed E-state index contributed by atoms with van der Waals surface area (Å²) in [4.78, 5) is 0. The summed E-state index contributed by atoms with van der Waals surface area (Å²) < 4.78 is 10.8. The van der Waals surface area contributed by atoms with Gasteiger partial charge in [-0.1, -0.05) is 6.07 Å². The fourth-order valence-electron chi connectivity index (χ4n) is 2.57. The number of fused-ring (bicyclic) bond motifs is 1. The highest BCUT2D eigenvalue weighted by molar-refractivity contribution is 5.39. The highest BCUT2D eigenvalue weighted by Gasteiger charge is 2.18. The Bertz CT molecular complexity index is 395. The summed E-state index contributed by atoms with van der Waals surface area (Å²) in [6.45, 7) is 1.46. The quantitative estimate of drug-likeness (QED) is 0.736. The van der Waals surface area contributed by atoms with Crippen LogP contribution in [0.25, 0.3) is 0 Å². The average Bonchev–Trinajstić information content (AvgIpc) is 2.46. The van der Waals surface area contributed by atoms with E-state index in [4.69, 9.17) is 14.6 Å². The van der Waals surface area contributed by atoms with Crippen LogP contribution in [0, 0.1) is 0 Å². The first-order valence-corrected chi connectivity index (χ1v) is 6.96. The molecule has 1 atom stereocenters. The van der Waals surface area contributed by atoms with Gasteiger partial charge >= 0.3 is 0 Å². The third-order valence-corrected chi connectivity index (χ3v) is 3.51. The Morgan fingerprint density at radius 2 is 2.21 bits per heavy atom. The van der Waals surface area contributed by atoms with Gasteiger partial charge in [0.1, 0.15) is 12.4 Å². The first-order valence-electron chi connectivity index (χ1n) is 6.96. The van der Waals surface area contributed by atoms with Crippen molar-refractivity contribution < 1.29 is 14.6 Å². The summed E-state index contributed by atoms with van der Waals surface area (Å²) in [5.41, 5.74) is 2.79. The van der Waals surface area contributed by atoms with Crippen LogP contribution in [0.4, 0.5) is 0 Å². The fraction of sp³-hybridized carbons (Fsp3) is 0.600. The fourth-order valence-corrected chi connectivity index (χ4v) is 2.57. The van der Waals surface area contributed by atoms with Crippen molar-refractivity contribution in [3.8, 4) is 5.75 Å². The van der Waals surface area contributed by atoms with Crippen molar-refractivity contribution in [3.05, 3.63) is 29.3 Å². The van der Waals surface area contributed by atoms with Gasteiger partial charge in [-0.2, -0.15) is 0 Å². The molecule has 1 aliphatic rings. The normalized spacial score (nSPS) is 18.1. The maximum Gasteiger partial charge on any atom is 0.119 e. The first-order chi connectivity index (χ1) is 9.35. The Balaban J connectivity index is 1.89. The molecule has 1 unspecified atom stereocenters. The Labute approximate surface area is 114 Å². The Morgan fingerprint density at radius 3 is 3.00 bits per heavy atom. The van der Waals surface area contributed by atoms with Crippen molar-refractivity contribution in [3.63, 3.8) is 0 Å². The number of rotatable bonds is 7.